The lowest BCUT2D eigenvalue weighted by atomic mass is 10.00. The van der Waals surface area contributed by atoms with Crippen molar-refractivity contribution in [3.05, 3.63) is 71.8 Å². The number of hydrogen-bond acceptors (Lipinski definition) is 2. The molecule has 2 aromatic rings. The maximum Gasteiger partial charge on any atom is 0.240 e. The van der Waals surface area contributed by atoms with Crippen molar-refractivity contribution in [3.8, 4) is 0 Å². The van der Waals surface area contributed by atoms with E-state index >= 15 is 0 Å². The van der Waals surface area contributed by atoms with Gasteiger partial charge in [-0.15, -0.1) is 0 Å². The van der Waals surface area contributed by atoms with Crippen LogP contribution in [0.3, 0.4) is 0 Å². The summed E-state index contributed by atoms with van der Waals surface area (Å²) >= 11 is 0. The number of nitrogens with zero attached hydrogens (tertiary/aromatic N) is 1. The van der Waals surface area contributed by atoms with E-state index < -0.39 is 0 Å². The minimum absolute atomic E-state index is 0.120. The molecule has 1 saturated heterocycles. The second-order valence-corrected chi connectivity index (χ2v) is 5.81. The van der Waals surface area contributed by atoms with Gasteiger partial charge in [-0.05, 0) is 24.5 Å². The van der Waals surface area contributed by atoms with Gasteiger partial charge in [0.25, 0.3) is 0 Å². The Labute approximate surface area is 132 Å². The van der Waals surface area contributed by atoms with Gasteiger partial charge in [0.15, 0.2) is 0 Å². The van der Waals surface area contributed by atoms with Crippen LogP contribution in [0.4, 0.5) is 0 Å². The van der Waals surface area contributed by atoms with E-state index in [-0.39, 0.29) is 18.0 Å². The molecule has 2 atom stereocenters. The first-order valence-electron chi connectivity index (χ1n) is 7.88. The van der Waals surface area contributed by atoms with Crippen LogP contribution in [0.15, 0.2) is 60.7 Å². The molecule has 0 aromatic heterocycles. The molecule has 1 N–H and O–H groups in total. The monoisotopic (exact) mass is 294 g/mol. The Morgan fingerprint density at radius 3 is 2.41 bits per heavy atom. The molecule has 1 heterocycles. The molecule has 3 rings (SSSR count). The molecule has 0 spiro atoms. The summed E-state index contributed by atoms with van der Waals surface area (Å²) in [6, 6.07) is 20.4. The van der Waals surface area contributed by atoms with Crippen LogP contribution in [-0.4, -0.2) is 29.9 Å². The molecular formula is C19H22N2O. The first-order chi connectivity index (χ1) is 10.8. The fourth-order valence-electron chi connectivity index (χ4n) is 3.06. The van der Waals surface area contributed by atoms with Crippen molar-refractivity contribution in [3.63, 3.8) is 0 Å². The second-order valence-electron chi connectivity index (χ2n) is 5.81. The van der Waals surface area contributed by atoms with E-state index in [0.29, 0.717) is 0 Å². The molecular weight excluding hydrogens is 272 g/mol. The number of amides is 1. The minimum atomic E-state index is -0.123. The Kier molecular flexibility index (Phi) is 4.54. The summed E-state index contributed by atoms with van der Waals surface area (Å²) in [4.78, 5) is 14.8. The van der Waals surface area contributed by atoms with Crippen LogP contribution >= 0.6 is 0 Å². The number of carbonyl (C=O) groups excluding carboxylic acids is 1. The van der Waals surface area contributed by atoms with E-state index in [9.17, 15) is 4.79 Å². The van der Waals surface area contributed by atoms with Crippen molar-refractivity contribution in [2.45, 2.75) is 25.4 Å². The summed E-state index contributed by atoms with van der Waals surface area (Å²) in [6.07, 6.45) is 0.748. The highest BCUT2D eigenvalue weighted by atomic mass is 16.2. The summed E-state index contributed by atoms with van der Waals surface area (Å²) in [7, 11) is 0. The van der Waals surface area contributed by atoms with Gasteiger partial charge in [-0.1, -0.05) is 60.7 Å². The van der Waals surface area contributed by atoms with Crippen molar-refractivity contribution in [1.29, 1.82) is 0 Å². The standard InChI is InChI=1S/C19H22N2O/c1-15(17-10-6-3-7-11-17)21-13-12-20-18(19(21)22)14-16-8-4-2-5-9-16/h2-11,15,18,20H,12-14H2,1H3/t15-,18+/m0/s1. The van der Waals surface area contributed by atoms with Gasteiger partial charge in [0.05, 0.1) is 12.1 Å². The van der Waals surface area contributed by atoms with Gasteiger partial charge in [0.2, 0.25) is 5.91 Å². The van der Waals surface area contributed by atoms with Crippen molar-refractivity contribution in [1.82, 2.24) is 10.2 Å². The normalized spacial score (nSPS) is 20.0. The van der Waals surface area contributed by atoms with Crippen LogP contribution in [0.1, 0.15) is 24.1 Å². The van der Waals surface area contributed by atoms with Crippen LogP contribution in [0.25, 0.3) is 0 Å². The van der Waals surface area contributed by atoms with E-state index in [4.69, 9.17) is 0 Å². The Hall–Kier alpha value is -2.13. The first kappa shape index (κ1) is 14.8. The van der Waals surface area contributed by atoms with Gasteiger partial charge in [-0.2, -0.15) is 0 Å². The lowest BCUT2D eigenvalue weighted by Crippen LogP contribution is -2.56. The molecule has 3 heteroatoms. The smallest absolute Gasteiger partial charge is 0.240 e. The number of piperazine rings is 1. The maximum atomic E-state index is 12.8. The Morgan fingerprint density at radius 2 is 1.73 bits per heavy atom. The van der Waals surface area contributed by atoms with Crippen molar-refractivity contribution in [2.75, 3.05) is 13.1 Å². The van der Waals surface area contributed by atoms with Gasteiger partial charge in [-0.25, -0.2) is 0 Å². The lowest BCUT2D eigenvalue weighted by Gasteiger charge is -2.37. The summed E-state index contributed by atoms with van der Waals surface area (Å²) in [5.74, 6) is 0.200. The molecule has 0 unspecified atom stereocenters. The van der Waals surface area contributed by atoms with Gasteiger partial charge >= 0.3 is 0 Å². The average Bonchev–Trinajstić information content (AvgIpc) is 2.58. The topological polar surface area (TPSA) is 32.3 Å². The highest BCUT2D eigenvalue weighted by molar-refractivity contribution is 5.83. The minimum Gasteiger partial charge on any atom is -0.333 e. The number of rotatable bonds is 4. The molecule has 0 radical (unpaired) electrons. The molecule has 1 aliphatic heterocycles. The molecule has 0 aliphatic carbocycles. The summed E-state index contributed by atoms with van der Waals surface area (Å²) in [5, 5.41) is 3.36. The highest BCUT2D eigenvalue weighted by Gasteiger charge is 2.31. The lowest BCUT2D eigenvalue weighted by molar-refractivity contribution is -0.138. The van der Waals surface area contributed by atoms with Crippen molar-refractivity contribution >= 4 is 5.91 Å². The van der Waals surface area contributed by atoms with Crippen LogP contribution < -0.4 is 5.32 Å². The Bertz CT molecular complexity index is 612. The summed E-state index contributed by atoms with van der Waals surface area (Å²) in [6.45, 7) is 3.72. The van der Waals surface area contributed by atoms with E-state index in [1.807, 2.05) is 41.3 Å². The molecule has 3 nitrogen and oxygen atoms in total. The molecule has 1 amide bonds. The van der Waals surface area contributed by atoms with Gasteiger partial charge in [-0.3, -0.25) is 4.79 Å². The number of benzene rings is 2. The Morgan fingerprint density at radius 1 is 1.09 bits per heavy atom. The second kappa shape index (κ2) is 6.75. The predicted molar refractivity (Wildman–Crippen MR) is 88.5 cm³/mol. The summed E-state index contributed by atoms with van der Waals surface area (Å²) in [5.41, 5.74) is 2.39. The molecule has 22 heavy (non-hydrogen) atoms. The van der Waals surface area contributed by atoms with Gasteiger partial charge in [0, 0.05) is 13.1 Å². The third-order valence-corrected chi connectivity index (χ3v) is 4.36. The van der Waals surface area contributed by atoms with Crippen LogP contribution in [0.5, 0.6) is 0 Å². The van der Waals surface area contributed by atoms with Crippen LogP contribution in [0.2, 0.25) is 0 Å². The maximum absolute atomic E-state index is 12.8. The van der Waals surface area contributed by atoms with E-state index in [1.54, 1.807) is 0 Å². The van der Waals surface area contributed by atoms with Crippen molar-refractivity contribution in [2.24, 2.45) is 0 Å². The number of nitrogens with one attached hydrogen (secondary N) is 1. The van der Waals surface area contributed by atoms with Crippen LogP contribution in [0, 0.1) is 0 Å². The van der Waals surface area contributed by atoms with Gasteiger partial charge in [0.1, 0.15) is 0 Å². The summed E-state index contributed by atoms with van der Waals surface area (Å²) < 4.78 is 0. The molecule has 0 bridgehead atoms. The van der Waals surface area contributed by atoms with Crippen molar-refractivity contribution < 1.29 is 4.79 Å². The van der Waals surface area contributed by atoms with E-state index in [2.05, 4.69) is 36.5 Å². The van der Waals surface area contributed by atoms with Gasteiger partial charge < -0.3 is 10.2 Å². The third-order valence-electron chi connectivity index (χ3n) is 4.36. The SMILES string of the molecule is C[C@@H](c1ccccc1)N1CCN[C@H](Cc2ccccc2)C1=O. The zero-order valence-electron chi connectivity index (χ0n) is 12.9. The fourth-order valence-corrected chi connectivity index (χ4v) is 3.06. The molecule has 1 fully saturated rings. The molecule has 0 saturated carbocycles. The zero-order chi connectivity index (χ0) is 15.4. The number of carbonyl (C=O) groups is 1. The largest absolute Gasteiger partial charge is 0.333 e. The highest BCUT2D eigenvalue weighted by Crippen LogP contribution is 2.22. The Balaban J connectivity index is 1.72. The quantitative estimate of drug-likeness (QED) is 0.940. The van der Waals surface area contributed by atoms with Crippen LogP contribution in [-0.2, 0) is 11.2 Å². The predicted octanol–water partition coefficient (Wildman–Crippen LogP) is 2.79. The molecule has 1 aliphatic rings. The average molecular weight is 294 g/mol. The van der Waals surface area contributed by atoms with E-state index in [0.717, 1.165) is 19.5 Å². The molecule has 2 aromatic carbocycles. The third kappa shape index (κ3) is 3.20. The number of hydrogen-bond donors (Lipinski definition) is 1. The van der Waals surface area contributed by atoms with E-state index in [1.165, 1.54) is 11.1 Å². The zero-order valence-corrected chi connectivity index (χ0v) is 12.9. The molecule has 114 valence electrons. The first-order valence-corrected chi connectivity index (χ1v) is 7.88. The fraction of sp³-hybridized carbons (Fsp3) is 0.316.